The number of nitrogens with zero attached hydrogens (tertiary/aromatic N) is 1. The van der Waals surface area contributed by atoms with Crippen LogP contribution in [0.25, 0.3) is 0 Å². The minimum absolute atomic E-state index is 0. The summed E-state index contributed by atoms with van der Waals surface area (Å²) >= 11 is 0. The summed E-state index contributed by atoms with van der Waals surface area (Å²) in [5.41, 5.74) is 1.05. The third-order valence-electron chi connectivity index (χ3n) is 8.18. The molecule has 0 bridgehead atoms. The molecule has 6 heteroatoms. The molecule has 1 saturated heterocycles. The van der Waals surface area contributed by atoms with Crippen LogP contribution in [-0.4, -0.2) is 43.0 Å². The van der Waals surface area contributed by atoms with Gasteiger partial charge in [-0.15, -0.1) is 0 Å². The van der Waals surface area contributed by atoms with E-state index in [1.54, 1.807) is 0 Å². The van der Waals surface area contributed by atoms with Crippen LogP contribution in [0.1, 0.15) is 89.9 Å². The average molecular weight is 491 g/mol. The Balaban J connectivity index is 0.00000324. The first-order valence-electron chi connectivity index (χ1n) is 13.6. The summed E-state index contributed by atoms with van der Waals surface area (Å²) in [7, 11) is 0. The highest BCUT2D eigenvalue weighted by atomic mass is 35.5. The number of carbonyl (C=O) groups excluding carboxylic acids is 2. The summed E-state index contributed by atoms with van der Waals surface area (Å²) in [5.74, 6) is 2.36. The second kappa shape index (κ2) is 14.1. The molecule has 1 aromatic carbocycles. The predicted octanol–water partition coefficient (Wildman–Crippen LogP) is 1.68. The highest BCUT2D eigenvalue weighted by molar-refractivity contribution is 5.76. The first kappa shape index (κ1) is 27.0. The number of piperazine rings is 1. The largest absolute Gasteiger partial charge is 1.00 e. The Bertz CT molecular complexity index is 767. The molecule has 3 aliphatic rings. The Morgan fingerprint density at radius 3 is 2.00 bits per heavy atom. The monoisotopic (exact) mass is 490 g/mol. The first-order chi connectivity index (χ1) is 16.2. The summed E-state index contributed by atoms with van der Waals surface area (Å²) in [6.45, 7) is 3.29. The third kappa shape index (κ3) is 7.98. The number of hydrogen-bond donors (Lipinski definition) is 1. The molecule has 1 N–H and O–H groups in total. The standard InChI is InChI=1S/C28H42N2O3.ClH/c31-27(17-15-23-9-3-1-4-10-23)30-21-19-29(20-22-30)25-13-7-8-14-26(25)33-28(32)18-16-24-11-5-2-6-12-24;/h7-8,13-14,23-24H,1-6,9-12,15-22H2;1H. The fourth-order valence-electron chi connectivity index (χ4n) is 6.08. The molecule has 0 aromatic heterocycles. The van der Waals surface area contributed by atoms with Crippen molar-refractivity contribution >= 4 is 17.6 Å². The number of esters is 1. The van der Waals surface area contributed by atoms with Crippen LogP contribution < -0.4 is 22.0 Å². The smallest absolute Gasteiger partial charge is 0.311 e. The molecule has 1 heterocycles. The molecule has 4 rings (SSSR count). The molecule has 34 heavy (non-hydrogen) atoms. The van der Waals surface area contributed by atoms with Crippen LogP contribution in [0.3, 0.4) is 0 Å². The number of para-hydroxylation sites is 2. The molecule has 1 aromatic rings. The maximum atomic E-state index is 12.7. The van der Waals surface area contributed by atoms with Crippen LogP contribution in [0, 0.1) is 11.8 Å². The average Bonchev–Trinajstić information content (AvgIpc) is 2.88. The van der Waals surface area contributed by atoms with Gasteiger partial charge in [0, 0.05) is 18.9 Å². The molecule has 0 spiro atoms. The Kier molecular flexibility index (Phi) is 11.2. The molecule has 1 amide bonds. The van der Waals surface area contributed by atoms with Crippen molar-refractivity contribution in [1.82, 2.24) is 4.90 Å². The summed E-state index contributed by atoms with van der Waals surface area (Å²) in [6.07, 6.45) is 16.4. The van der Waals surface area contributed by atoms with Gasteiger partial charge >= 0.3 is 5.97 Å². The van der Waals surface area contributed by atoms with Gasteiger partial charge in [0.2, 0.25) is 5.91 Å². The van der Waals surface area contributed by atoms with E-state index in [2.05, 4.69) is 6.07 Å². The van der Waals surface area contributed by atoms with Gasteiger partial charge in [0.15, 0.2) is 11.4 Å². The number of halogens is 1. The molecule has 1 aliphatic heterocycles. The highest BCUT2D eigenvalue weighted by Gasteiger charge is 2.28. The normalized spacial score (nSPS) is 20.5. The summed E-state index contributed by atoms with van der Waals surface area (Å²) in [5, 5.41) is 0. The van der Waals surface area contributed by atoms with E-state index in [9.17, 15) is 9.59 Å². The molecule has 2 saturated carbocycles. The molecule has 190 valence electrons. The summed E-state index contributed by atoms with van der Waals surface area (Å²) in [6, 6.07) is 7.95. The molecular formula is C28H43ClN2O3. The quantitative estimate of drug-likeness (QED) is 0.445. The Hall–Kier alpha value is -1.59. The van der Waals surface area contributed by atoms with E-state index in [0.29, 0.717) is 30.4 Å². The van der Waals surface area contributed by atoms with Gasteiger partial charge in [0.05, 0.1) is 26.2 Å². The maximum absolute atomic E-state index is 12.7. The summed E-state index contributed by atoms with van der Waals surface area (Å²) < 4.78 is 5.83. The van der Waals surface area contributed by atoms with Crippen LogP contribution in [0.15, 0.2) is 24.3 Å². The minimum atomic E-state index is -0.107. The van der Waals surface area contributed by atoms with Crippen molar-refractivity contribution in [3.8, 4) is 5.75 Å². The van der Waals surface area contributed by atoms with Crippen molar-refractivity contribution in [1.29, 1.82) is 0 Å². The second-order valence-corrected chi connectivity index (χ2v) is 10.5. The van der Waals surface area contributed by atoms with Gasteiger partial charge in [-0.05, 0) is 30.7 Å². The van der Waals surface area contributed by atoms with E-state index in [-0.39, 0.29) is 18.4 Å². The van der Waals surface area contributed by atoms with E-state index in [4.69, 9.17) is 4.74 Å². The van der Waals surface area contributed by atoms with Crippen LogP contribution in [0.2, 0.25) is 0 Å². The van der Waals surface area contributed by atoms with Gasteiger partial charge in [0.1, 0.15) is 0 Å². The number of nitrogens with one attached hydrogen (secondary N) is 1. The minimum Gasteiger partial charge on any atom is -1.00 e. The SMILES string of the molecule is O=C(CCC1CCCCC1)Oc1ccccc1[NH+]1CCN(C(=O)CCC2CCCCC2)CC1.[Cl-]. The lowest BCUT2D eigenvalue weighted by Crippen LogP contribution is -3.10. The van der Waals surface area contributed by atoms with Gasteiger partial charge in [-0.25, -0.2) is 0 Å². The number of benzene rings is 1. The van der Waals surface area contributed by atoms with Crippen LogP contribution in [-0.2, 0) is 9.59 Å². The third-order valence-corrected chi connectivity index (χ3v) is 8.18. The van der Waals surface area contributed by atoms with E-state index in [1.807, 2.05) is 23.1 Å². The van der Waals surface area contributed by atoms with Gasteiger partial charge in [0.25, 0.3) is 0 Å². The molecular weight excluding hydrogens is 448 g/mol. The van der Waals surface area contributed by atoms with Crippen molar-refractivity contribution in [3.63, 3.8) is 0 Å². The Labute approximate surface area is 212 Å². The predicted molar refractivity (Wildman–Crippen MR) is 131 cm³/mol. The van der Waals surface area contributed by atoms with Gasteiger partial charge in [-0.1, -0.05) is 76.3 Å². The second-order valence-electron chi connectivity index (χ2n) is 10.5. The van der Waals surface area contributed by atoms with Crippen LogP contribution in [0.4, 0.5) is 5.69 Å². The zero-order valence-electron chi connectivity index (χ0n) is 20.7. The van der Waals surface area contributed by atoms with E-state index < -0.39 is 0 Å². The van der Waals surface area contributed by atoms with Gasteiger partial charge in [-0.3, -0.25) is 14.5 Å². The van der Waals surface area contributed by atoms with Gasteiger partial charge in [-0.2, -0.15) is 0 Å². The lowest BCUT2D eigenvalue weighted by Gasteiger charge is -2.33. The Morgan fingerprint density at radius 1 is 0.824 bits per heavy atom. The molecule has 5 nitrogen and oxygen atoms in total. The number of rotatable bonds is 8. The van der Waals surface area contributed by atoms with E-state index >= 15 is 0 Å². The van der Waals surface area contributed by atoms with Crippen molar-refractivity contribution in [3.05, 3.63) is 24.3 Å². The number of amides is 1. The highest BCUT2D eigenvalue weighted by Crippen LogP contribution is 2.29. The van der Waals surface area contributed by atoms with Crippen LogP contribution >= 0.6 is 0 Å². The van der Waals surface area contributed by atoms with E-state index in [0.717, 1.165) is 50.6 Å². The van der Waals surface area contributed by atoms with Crippen LogP contribution in [0.5, 0.6) is 5.75 Å². The first-order valence-corrected chi connectivity index (χ1v) is 13.6. The van der Waals surface area contributed by atoms with Crippen molar-refractivity contribution in [2.45, 2.75) is 89.9 Å². The molecule has 0 atom stereocenters. The lowest BCUT2D eigenvalue weighted by molar-refractivity contribution is -0.837. The fourth-order valence-corrected chi connectivity index (χ4v) is 6.08. The van der Waals surface area contributed by atoms with Crippen molar-refractivity contribution in [2.75, 3.05) is 26.2 Å². The van der Waals surface area contributed by atoms with E-state index in [1.165, 1.54) is 69.1 Å². The van der Waals surface area contributed by atoms with Crippen molar-refractivity contribution < 1.29 is 31.6 Å². The number of quaternary nitrogens is 1. The number of carbonyl (C=O) groups is 2. The Morgan fingerprint density at radius 2 is 1.38 bits per heavy atom. The van der Waals surface area contributed by atoms with Gasteiger partial charge < -0.3 is 22.0 Å². The topological polar surface area (TPSA) is 51.1 Å². The number of ether oxygens (including phenoxy) is 1. The molecule has 0 radical (unpaired) electrons. The fraction of sp³-hybridized carbons (Fsp3) is 0.714. The van der Waals surface area contributed by atoms with Crippen molar-refractivity contribution in [2.24, 2.45) is 11.8 Å². The maximum Gasteiger partial charge on any atom is 0.311 e. The molecule has 2 aliphatic carbocycles. The zero-order chi connectivity index (χ0) is 22.9. The molecule has 3 fully saturated rings. The lowest BCUT2D eigenvalue weighted by atomic mass is 9.86. The molecule has 0 unspecified atom stereocenters. The summed E-state index contributed by atoms with van der Waals surface area (Å²) in [4.78, 5) is 28.6. The number of hydrogen-bond acceptors (Lipinski definition) is 3. The zero-order valence-corrected chi connectivity index (χ0v) is 21.5.